The van der Waals surface area contributed by atoms with Crippen LogP contribution < -0.4 is 10.1 Å². The van der Waals surface area contributed by atoms with Crippen LogP contribution in [0.15, 0.2) is 24.3 Å². The first-order valence-corrected chi connectivity index (χ1v) is 7.90. The lowest BCUT2D eigenvalue weighted by molar-refractivity contribution is 0.0568. The van der Waals surface area contributed by atoms with Crippen LogP contribution in [0, 0.1) is 23.7 Å². The molecule has 1 aliphatic rings. The number of methoxy groups -OCH3 is 1. The van der Waals surface area contributed by atoms with Gasteiger partial charge in [-0.3, -0.25) is 0 Å². The van der Waals surface area contributed by atoms with E-state index < -0.39 is 24.3 Å². The van der Waals surface area contributed by atoms with Crippen LogP contribution in [0.25, 0.3) is 0 Å². The average Bonchev–Trinajstić information content (AvgIpc) is 2.99. The number of rotatable bonds is 6. The zero-order chi connectivity index (χ0) is 18.1. The Morgan fingerprint density at radius 3 is 2.80 bits per heavy atom. The van der Waals surface area contributed by atoms with Gasteiger partial charge in [-0.05, 0) is 24.6 Å². The third-order valence-corrected chi connectivity index (χ3v) is 3.51. The molecule has 0 spiro atoms. The molecule has 0 aromatic heterocycles. The number of ether oxygens (including phenoxy) is 3. The number of aliphatic hydroxyl groups excluding tert-OH is 1. The van der Waals surface area contributed by atoms with Gasteiger partial charge in [0.2, 0.25) is 0 Å². The minimum absolute atomic E-state index is 0.461. The maximum Gasteiger partial charge on any atom is 0.408 e. The van der Waals surface area contributed by atoms with E-state index in [0.717, 1.165) is 11.3 Å². The highest BCUT2D eigenvalue weighted by Gasteiger charge is 2.37. The van der Waals surface area contributed by atoms with Gasteiger partial charge in [-0.15, -0.1) is 5.92 Å². The number of benzene rings is 1. The molecule has 0 radical (unpaired) electrons. The van der Waals surface area contributed by atoms with Gasteiger partial charge in [-0.2, -0.15) is 0 Å². The molecule has 0 unspecified atom stereocenters. The molecule has 1 aliphatic heterocycles. The molecule has 6 heteroatoms. The number of alkyl carbamates (subject to hydrolysis) is 1. The molecule has 25 heavy (non-hydrogen) atoms. The molecule has 1 fully saturated rings. The summed E-state index contributed by atoms with van der Waals surface area (Å²) in [6.07, 6.45) is -1.94. The van der Waals surface area contributed by atoms with Crippen molar-refractivity contribution in [3.05, 3.63) is 29.8 Å². The molecule has 6 nitrogen and oxygen atoms in total. The molecular weight excluding hydrogens is 322 g/mol. The van der Waals surface area contributed by atoms with Crippen molar-refractivity contribution >= 4 is 6.09 Å². The Kier molecular flexibility index (Phi) is 7.16. The number of carbonyl (C=O) groups is 1. The van der Waals surface area contributed by atoms with Crippen molar-refractivity contribution in [3.63, 3.8) is 0 Å². The number of hydrogen-bond donors (Lipinski definition) is 2. The van der Waals surface area contributed by atoms with Gasteiger partial charge in [-0.1, -0.05) is 29.9 Å². The van der Waals surface area contributed by atoms with E-state index in [9.17, 15) is 9.90 Å². The van der Waals surface area contributed by atoms with E-state index in [4.69, 9.17) is 14.2 Å². The Labute approximate surface area is 147 Å². The highest BCUT2D eigenvalue weighted by atomic mass is 16.6. The lowest BCUT2D eigenvalue weighted by atomic mass is 10.1. The van der Waals surface area contributed by atoms with Crippen molar-refractivity contribution in [3.8, 4) is 29.4 Å². The first-order valence-electron chi connectivity index (χ1n) is 7.90. The van der Waals surface area contributed by atoms with Crippen molar-refractivity contribution < 1.29 is 24.1 Å². The summed E-state index contributed by atoms with van der Waals surface area (Å²) in [5.41, 5.74) is 1.05. The summed E-state index contributed by atoms with van der Waals surface area (Å²) >= 11 is 0. The summed E-state index contributed by atoms with van der Waals surface area (Å²) in [6.45, 7) is 2.55. The zero-order valence-electron chi connectivity index (χ0n) is 14.2. The average molecular weight is 343 g/mol. The number of hydrogen-bond acceptors (Lipinski definition) is 5. The van der Waals surface area contributed by atoms with E-state index in [0.29, 0.717) is 19.6 Å². The third kappa shape index (κ3) is 5.72. The van der Waals surface area contributed by atoms with Crippen molar-refractivity contribution in [1.29, 1.82) is 0 Å². The van der Waals surface area contributed by atoms with Crippen LogP contribution >= 0.6 is 0 Å². The van der Waals surface area contributed by atoms with Crippen molar-refractivity contribution in [2.45, 2.75) is 38.2 Å². The van der Waals surface area contributed by atoms with Gasteiger partial charge in [0, 0.05) is 6.42 Å². The quantitative estimate of drug-likeness (QED) is 0.604. The largest absolute Gasteiger partial charge is 0.497 e. The fraction of sp³-hybridized carbons (Fsp3) is 0.421. The van der Waals surface area contributed by atoms with Gasteiger partial charge in [0.05, 0.1) is 20.3 Å². The predicted molar refractivity (Wildman–Crippen MR) is 91.7 cm³/mol. The molecule has 2 N–H and O–H groups in total. The van der Waals surface area contributed by atoms with Crippen molar-refractivity contribution in [2.75, 3.05) is 13.7 Å². The number of cyclic esters (lactones) is 1. The smallest absolute Gasteiger partial charge is 0.408 e. The number of carbonyl (C=O) groups excluding carboxylic acids is 1. The lowest BCUT2D eigenvalue weighted by Gasteiger charge is -2.13. The SMILES string of the molecule is CC#C[C@H](O)[C@H]1OC(=O)N[C@H]1C#CCCOCc1ccc(OC)cc1. The van der Waals surface area contributed by atoms with Crippen molar-refractivity contribution in [1.82, 2.24) is 5.32 Å². The van der Waals surface area contributed by atoms with E-state index in [1.54, 1.807) is 14.0 Å². The third-order valence-electron chi connectivity index (χ3n) is 3.51. The van der Waals surface area contributed by atoms with Crippen LogP contribution in [0.5, 0.6) is 5.75 Å². The summed E-state index contributed by atoms with van der Waals surface area (Å²) in [5, 5.41) is 12.4. The summed E-state index contributed by atoms with van der Waals surface area (Å²) in [5.74, 6) is 11.8. The predicted octanol–water partition coefficient (Wildman–Crippen LogP) is 1.47. The molecule has 1 amide bonds. The van der Waals surface area contributed by atoms with E-state index in [1.165, 1.54) is 0 Å². The van der Waals surface area contributed by atoms with Crippen LogP contribution in [-0.4, -0.2) is 43.2 Å². The molecule has 2 rings (SSSR count). The summed E-state index contributed by atoms with van der Waals surface area (Å²) < 4.78 is 15.7. The number of amides is 1. The normalized spacial score (nSPS) is 19.6. The number of aliphatic hydroxyl groups is 1. The van der Waals surface area contributed by atoms with Crippen LogP contribution in [0.1, 0.15) is 18.9 Å². The van der Waals surface area contributed by atoms with E-state index >= 15 is 0 Å². The topological polar surface area (TPSA) is 77.0 Å². The first kappa shape index (κ1) is 18.7. The zero-order valence-corrected chi connectivity index (χ0v) is 14.2. The molecule has 1 aromatic rings. The monoisotopic (exact) mass is 343 g/mol. The fourth-order valence-corrected chi connectivity index (χ4v) is 2.25. The number of nitrogens with one attached hydrogen (secondary N) is 1. The fourth-order valence-electron chi connectivity index (χ4n) is 2.25. The van der Waals surface area contributed by atoms with Crippen LogP contribution in [0.4, 0.5) is 4.79 Å². The van der Waals surface area contributed by atoms with Gasteiger partial charge >= 0.3 is 6.09 Å². The van der Waals surface area contributed by atoms with Gasteiger partial charge in [0.15, 0.2) is 12.2 Å². The summed E-state index contributed by atoms with van der Waals surface area (Å²) in [4.78, 5) is 11.3. The highest BCUT2D eigenvalue weighted by Crippen LogP contribution is 2.13. The second-order valence-corrected chi connectivity index (χ2v) is 5.30. The minimum atomic E-state index is -1.06. The molecule has 1 saturated heterocycles. The molecule has 0 saturated carbocycles. The van der Waals surface area contributed by atoms with Gasteiger partial charge in [0.1, 0.15) is 11.8 Å². The van der Waals surface area contributed by atoms with E-state index in [2.05, 4.69) is 29.0 Å². The summed E-state index contributed by atoms with van der Waals surface area (Å²) in [6, 6.07) is 7.07. The Morgan fingerprint density at radius 2 is 2.12 bits per heavy atom. The molecule has 0 aliphatic carbocycles. The minimum Gasteiger partial charge on any atom is -0.497 e. The second kappa shape index (κ2) is 9.58. The Balaban J connectivity index is 1.75. The molecule has 1 aromatic carbocycles. The molecule has 0 bridgehead atoms. The van der Waals surface area contributed by atoms with Crippen molar-refractivity contribution in [2.24, 2.45) is 0 Å². The molecule has 1 heterocycles. The first-order chi connectivity index (χ1) is 12.1. The lowest BCUT2D eigenvalue weighted by Crippen LogP contribution is -2.37. The van der Waals surface area contributed by atoms with E-state index in [-0.39, 0.29) is 0 Å². The van der Waals surface area contributed by atoms with Crippen LogP contribution in [-0.2, 0) is 16.1 Å². The van der Waals surface area contributed by atoms with Gasteiger partial charge in [0.25, 0.3) is 0 Å². The van der Waals surface area contributed by atoms with E-state index in [1.807, 2.05) is 24.3 Å². The van der Waals surface area contributed by atoms with Gasteiger partial charge in [-0.25, -0.2) is 4.79 Å². The summed E-state index contributed by atoms with van der Waals surface area (Å²) in [7, 11) is 1.63. The standard InChI is InChI=1S/C19H21NO5/c1-3-6-17(21)18-16(20-19(22)25-18)7-4-5-12-24-13-14-8-10-15(23-2)11-9-14/h8-11,16-18,21H,5,12-13H2,1-2H3,(H,20,22)/t16-,17-,18-/m0/s1. The Morgan fingerprint density at radius 1 is 1.36 bits per heavy atom. The second-order valence-electron chi connectivity index (χ2n) is 5.30. The molecular formula is C19H21NO5. The molecule has 3 atom stereocenters. The highest BCUT2D eigenvalue weighted by molar-refractivity contribution is 5.71. The van der Waals surface area contributed by atoms with Crippen LogP contribution in [0.2, 0.25) is 0 Å². The maximum absolute atomic E-state index is 11.3. The molecule has 132 valence electrons. The Bertz CT molecular complexity index is 693. The van der Waals surface area contributed by atoms with Crippen LogP contribution in [0.3, 0.4) is 0 Å². The van der Waals surface area contributed by atoms with Gasteiger partial charge < -0.3 is 24.6 Å². The Hall–Kier alpha value is -2.67. The maximum atomic E-state index is 11.3.